The molecular weight excluding hydrogens is 216 g/mol. The van der Waals surface area contributed by atoms with Crippen molar-refractivity contribution in [2.24, 2.45) is 5.92 Å². The highest BCUT2D eigenvalue weighted by Gasteiger charge is 2.07. The number of hydrogen-bond acceptors (Lipinski definition) is 0. The second kappa shape index (κ2) is 14.8. The van der Waals surface area contributed by atoms with Crippen LogP contribution in [0.15, 0.2) is 12.7 Å². The van der Waals surface area contributed by atoms with Crippen molar-refractivity contribution in [1.29, 1.82) is 0 Å². The summed E-state index contributed by atoms with van der Waals surface area (Å²) in [5, 5.41) is 0. The maximum atomic E-state index is 3.81. The van der Waals surface area contributed by atoms with Crippen molar-refractivity contribution in [3.63, 3.8) is 0 Å². The van der Waals surface area contributed by atoms with E-state index in [4.69, 9.17) is 0 Å². The Bertz CT molecular complexity index is 159. The van der Waals surface area contributed by atoms with E-state index in [1.807, 2.05) is 0 Å². The van der Waals surface area contributed by atoms with Gasteiger partial charge in [-0.1, -0.05) is 90.6 Å². The molecule has 0 heterocycles. The van der Waals surface area contributed by atoms with E-state index in [1.54, 1.807) is 0 Å². The lowest BCUT2D eigenvalue weighted by molar-refractivity contribution is 0.372. The molecule has 1 unspecified atom stereocenters. The van der Waals surface area contributed by atoms with Crippen molar-refractivity contribution in [3.05, 3.63) is 12.7 Å². The van der Waals surface area contributed by atoms with Crippen LogP contribution in [0.5, 0.6) is 0 Å². The topological polar surface area (TPSA) is 0 Å². The highest BCUT2D eigenvalue weighted by Crippen LogP contribution is 2.23. The molecule has 0 saturated heterocycles. The lowest BCUT2D eigenvalue weighted by Gasteiger charge is -2.16. The summed E-state index contributed by atoms with van der Waals surface area (Å²) < 4.78 is 0. The van der Waals surface area contributed by atoms with E-state index in [2.05, 4.69) is 26.5 Å². The van der Waals surface area contributed by atoms with Crippen molar-refractivity contribution in [2.75, 3.05) is 0 Å². The van der Waals surface area contributed by atoms with Gasteiger partial charge in [-0.2, -0.15) is 0 Å². The third-order valence-corrected chi connectivity index (χ3v) is 3.95. The second-order valence-corrected chi connectivity index (χ2v) is 5.78. The molecule has 0 nitrogen and oxygen atoms in total. The van der Waals surface area contributed by atoms with Gasteiger partial charge in [0.05, 0.1) is 0 Å². The van der Waals surface area contributed by atoms with Crippen molar-refractivity contribution in [1.82, 2.24) is 0 Å². The van der Waals surface area contributed by atoms with Gasteiger partial charge in [-0.25, -0.2) is 0 Å². The van der Waals surface area contributed by atoms with Crippen LogP contribution < -0.4 is 0 Å². The van der Waals surface area contributed by atoms with Gasteiger partial charge in [0, 0.05) is 0 Å². The van der Waals surface area contributed by atoms with E-state index in [0.29, 0.717) is 0 Å². The van der Waals surface area contributed by atoms with E-state index < -0.39 is 0 Å². The average molecular weight is 252 g/mol. The summed E-state index contributed by atoms with van der Waals surface area (Å²) in [4.78, 5) is 0. The molecule has 0 rings (SSSR count). The fourth-order valence-corrected chi connectivity index (χ4v) is 2.70. The molecule has 0 aliphatic carbocycles. The molecule has 0 fully saturated rings. The Morgan fingerprint density at radius 3 is 1.78 bits per heavy atom. The van der Waals surface area contributed by atoms with Crippen LogP contribution in [0.4, 0.5) is 0 Å². The van der Waals surface area contributed by atoms with E-state index >= 15 is 0 Å². The van der Waals surface area contributed by atoms with Gasteiger partial charge in [0.25, 0.3) is 0 Å². The van der Waals surface area contributed by atoms with Crippen LogP contribution >= 0.6 is 0 Å². The smallest absolute Gasteiger partial charge is 0.0353 e. The van der Waals surface area contributed by atoms with Crippen LogP contribution in [0.1, 0.15) is 97.3 Å². The maximum Gasteiger partial charge on any atom is -0.0353 e. The molecule has 0 aromatic rings. The third kappa shape index (κ3) is 12.2. The number of allylic oxidation sites excluding steroid dienone is 1. The minimum Gasteiger partial charge on any atom is -0.103 e. The molecule has 0 heteroatoms. The zero-order valence-electron chi connectivity index (χ0n) is 13.1. The normalized spacial score (nSPS) is 12.6. The van der Waals surface area contributed by atoms with Gasteiger partial charge in [-0.3, -0.25) is 0 Å². The molecule has 0 spiro atoms. The molecule has 0 aliphatic heterocycles. The first-order valence-corrected chi connectivity index (χ1v) is 8.46. The maximum absolute atomic E-state index is 3.81. The van der Waals surface area contributed by atoms with Crippen molar-refractivity contribution in [3.8, 4) is 0 Å². The fraction of sp³-hybridized carbons (Fsp3) is 0.889. The quantitative estimate of drug-likeness (QED) is 0.233. The lowest BCUT2D eigenvalue weighted by atomic mass is 9.90. The summed E-state index contributed by atoms with van der Waals surface area (Å²) in [5.41, 5.74) is 0. The Labute approximate surface area is 116 Å². The van der Waals surface area contributed by atoms with Gasteiger partial charge in [0.2, 0.25) is 0 Å². The summed E-state index contributed by atoms with van der Waals surface area (Å²) in [6.07, 6.45) is 20.4. The molecule has 0 aromatic heterocycles. The van der Waals surface area contributed by atoms with Crippen LogP contribution in [-0.4, -0.2) is 0 Å². The lowest BCUT2D eigenvalue weighted by Crippen LogP contribution is -2.01. The van der Waals surface area contributed by atoms with Crippen LogP contribution in [0.3, 0.4) is 0 Å². The molecule has 0 saturated carbocycles. The summed E-state index contributed by atoms with van der Waals surface area (Å²) in [7, 11) is 0. The minimum atomic E-state index is 1.01. The molecule has 1 atom stereocenters. The van der Waals surface area contributed by atoms with Crippen molar-refractivity contribution >= 4 is 0 Å². The van der Waals surface area contributed by atoms with Crippen LogP contribution in [0.25, 0.3) is 0 Å². The van der Waals surface area contributed by atoms with Gasteiger partial charge >= 0.3 is 0 Å². The van der Waals surface area contributed by atoms with Crippen molar-refractivity contribution < 1.29 is 0 Å². The number of hydrogen-bond donors (Lipinski definition) is 0. The summed E-state index contributed by atoms with van der Waals surface area (Å²) in [6, 6.07) is 0. The van der Waals surface area contributed by atoms with Gasteiger partial charge in [-0.05, 0) is 18.8 Å². The Morgan fingerprint density at radius 2 is 1.22 bits per heavy atom. The van der Waals surface area contributed by atoms with E-state index in [0.717, 1.165) is 5.92 Å². The molecule has 18 heavy (non-hydrogen) atoms. The largest absolute Gasteiger partial charge is 0.103 e. The van der Waals surface area contributed by atoms with Crippen LogP contribution in [0.2, 0.25) is 0 Å². The Balaban J connectivity index is 3.65. The van der Waals surface area contributed by atoms with Crippen LogP contribution in [-0.2, 0) is 0 Å². The highest BCUT2D eigenvalue weighted by molar-refractivity contribution is 4.67. The highest BCUT2D eigenvalue weighted by atomic mass is 14.1. The molecule has 0 radical (unpaired) electrons. The first-order chi connectivity index (χ1) is 8.85. The molecule has 108 valence electrons. The average Bonchev–Trinajstić information content (AvgIpc) is 2.39. The molecule has 0 amide bonds. The SMILES string of the molecule is C=CCCCCC(CCCCC)CCCCCC. The first kappa shape index (κ1) is 17.7. The van der Waals surface area contributed by atoms with Gasteiger partial charge in [-0.15, -0.1) is 6.58 Å². The van der Waals surface area contributed by atoms with Gasteiger partial charge in [0.1, 0.15) is 0 Å². The summed E-state index contributed by atoms with van der Waals surface area (Å²) in [5.74, 6) is 1.01. The molecule has 0 aliphatic rings. The van der Waals surface area contributed by atoms with E-state index in [1.165, 1.54) is 83.5 Å². The molecule has 0 N–H and O–H groups in total. The molecule has 0 bridgehead atoms. The minimum absolute atomic E-state index is 1.01. The third-order valence-electron chi connectivity index (χ3n) is 3.95. The predicted molar refractivity (Wildman–Crippen MR) is 85.1 cm³/mol. The zero-order chi connectivity index (χ0) is 13.5. The summed E-state index contributed by atoms with van der Waals surface area (Å²) >= 11 is 0. The van der Waals surface area contributed by atoms with Gasteiger partial charge < -0.3 is 0 Å². The predicted octanol–water partition coefficient (Wildman–Crippen LogP) is 6.90. The zero-order valence-corrected chi connectivity index (χ0v) is 13.1. The molecule has 0 aromatic carbocycles. The standard InChI is InChI=1S/C18H36/c1-4-7-10-13-16-18(15-12-9-6-3)17-14-11-8-5-2/h4,18H,1,5-17H2,2-3H3. The monoisotopic (exact) mass is 252 g/mol. The van der Waals surface area contributed by atoms with Crippen LogP contribution in [0, 0.1) is 5.92 Å². The Morgan fingerprint density at radius 1 is 0.722 bits per heavy atom. The Kier molecular flexibility index (Phi) is 14.6. The number of unbranched alkanes of at least 4 members (excludes halogenated alkanes) is 7. The Hall–Kier alpha value is -0.260. The van der Waals surface area contributed by atoms with Crippen molar-refractivity contribution in [2.45, 2.75) is 97.3 Å². The van der Waals surface area contributed by atoms with E-state index in [-0.39, 0.29) is 0 Å². The number of rotatable bonds is 14. The second-order valence-electron chi connectivity index (χ2n) is 5.78. The molecular formula is C18H36. The van der Waals surface area contributed by atoms with Gasteiger partial charge in [0.15, 0.2) is 0 Å². The van der Waals surface area contributed by atoms with E-state index in [9.17, 15) is 0 Å². The fourth-order valence-electron chi connectivity index (χ4n) is 2.70. The first-order valence-electron chi connectivity index (χ1n) is 8.46. The summed E-state index contributed by atoms with van der Waals surface area (Å²) in [6.45, 7) is 8.41.